The maximum Gasteiger partial charge on any atom is 0.153 e. The van der Waals surface area contributed by atoms with E-state index in [9.17, 15) is 4.39 Å². The van der Waals surface area contributed by atoms with E-state index in [4.69, 9.17) is 17.3 Å². The Morgan fingerprint density at radius 1 is 1.10 bits per heavy atom. The van der Waals surface area contributed by atoms with E-state index in [1.54, 1.807) is 36.7 Å². The van der Waals surface area contributed by atoms with Crippen LogP contribution < -0.4 is 5.73 Å². The number of pyridine rings is 1. The highest BCUT2D eigenvalue weighted by atomic mass is 35.5. The van der Waals surface area contributed by atoms with Gasteiger partial charge in [-0.25, -0.2) is 4.39 Å². The summed E-state index contributed by atoms with van der Waals surface area (Å²) in [6.45, 7) is 0. The number of H-pyrrole nitrogens is 1. The van der Waals surface area contributed by atoms with Crippen molar-refractivity contribution in [2.24, 2.45) is 0 Å². The number of nitrogens with one attached hydrogen (secondary N) is 1. The molecule has 3 rings (SSSR count). The standard InChI is InChI=1S/C14H10ClFN4/c15-9-2-1-3-10(16)12(9)13-11(14(17)20-19-13)8-4-6-18-7-5-8/h1-7H,(H3,17,19,20). The first-order chi connectivity index (χ1) is 9.68. The highest BCUT2D eigenvalue weighted by molar-refractivity contribution is 6.33. The van der Waals surface area contributed by atoms with Crippen LogP contribution in [0.5, 0.6) is 0 Å². The van der Waals surface area contributed by atoms with Crippen LogP contribution in [0.15, 0.2) is 42.7 Å². The first-order valence-corrected chi connectivity index (χ1v) is 6.25. The molecule has 4 nitrogen and oxygen atoms in total. The van der Waals surface area contributed by atoms with Gasteiger partial charge in [0.1, 0.15) is 5.82 Å². The molecule has 20 heavy (non-hydrogen) atoms. The Morgan fingerprint density at radius 2 is 1.85 bits per heavy atom. The first kappa shape index (κ1) is 12.6. The molecule has 0 aliphatic rings. The van der Waals surface area contributed by atoms with Crippen LogP contribution in [0.2, 0.25) is 5.02 Å². The van der Waals surface area contributed by atoms with E-state index in [1.807, 2.05) is 0 Å². The van der Waals surface area contributed by atoms with Gasteiger partial charge in [-0.15, -0.1) is 0 Å². The van der Waals surface area contributed by atoms with Gasteiger partial charge >= 0.3 is 0 Å². The van der Waals surface area contributed by atoms with E-state index < -0.39 is 5.82 Å². The summed E-state index contributed by atoms with van der Waals surface area (Å²) >= 11 is 6.09. The second-order valence-electron chi connectivity index (χ2n) is 4.19. The minimum Gasteiger partial charge on any atom is -0.382 e. The van der Waals surface area contributed by atoms with Gasteiger partial charge < -0.3 is 5.73 Å². The van der Waals surface area contributed by atoms with Gasteiger partial charge in [0.2, 0.25) is 0 Å². The molecule has 3 aromatic rings. The number of anilines is 1. The van der Waals surface area contributed by atoms with Crippen molar-refractivity contribution in [2.45, 2.75) is 0 Å². The zero-order valence-electron chi connectivity index (χ0n) is 10.3. The van der Waals surface area contributed by atoms with Gasteiger partial charge in [-0.05, 0) is 29.8 Å². The molecule has 0 saturated carbocycles. The lowest BCUT2D eigenvalue weighted by Gasteiger charge is -2.07. The Morgan fingerprint density at radius 3 is 2.55 bits per heavy atom. The van der Waals surface area contributed by atoms with Crippen LogP contribution in [0, 0.1) is 5.82 Å². The predicted octanol–water partition coefficient (Wildman–Crippen LogP) is 3.51. The Labute approximate surface area is 119 Å². The van der Waals surface area contributed by atoms with Crippen LogP contribution in [0.1, 0.15) is 0 Å². The van der Waals surface area contributed by atoms with E-state index in [0.717, 1.165) is 5.56 Å². The number of rotatable bonds is 2. The molecule has 2 heterocycles. The molecule has 0 aliphatic carbocycles. The van der Waals surface area contributed by atoms with E-state index >= 15 is 0 Å². The number of nitrogens with two attached hydrogens (primary N) is 1. The van der Waals surface area contributed by atoms with Crippen molar-refractivity contribution in [1.82, 2.24) is 15.2 Å². The molecule has 3 N–H and O–H groups in total. The fraction of sp³-hybridized carbons (Fsp3) is 0. The Kier molecular flexibility index (Phi) is 3.12. The Balaban J connectivity index is 2.27. The zero-order valence-corrected chi connectivity index (χ0v) is 11.0. The molecule has 0 aliphatic heterocycles. The number of nitrogen functional groups attached to an aromatic ring is 1. The van der Waals surface area contributed by atoms with Crippen LogP contribution >= 0.6 is 11.6 Å². The van der Waals surface area contributed by atoms with Crippen molar-refractivity contribution in [3.8, 4) is 22.4 Å². The molecule has 0 radical (unpaired) electrons. The molecule has 0 bridgehead atoms. The lowest BCUT2D eigenvalue weighted by atomic mass is 10.0. The third kappa shape index (κ3) is 2.02. The van der Waals surface area contributed by atoms with Gasteiger partial charge in [-0.1, -0.05) is 17.7 Å². The second kappa shape index (κ2) is 4.94. The van der Waals surface area contributed by atoms with Crippen molar-refractivity contribution in [3.05, 3.63) is 53.6 Å². The average molecular weight is 289 g/mol. The summed E-state index contributed by atoms with van der Waals surface area (Å²) in [7, 11) is 0. The van der Waals surface area contributed by atoms with Crippen molar-refractivity contribution in [2.75, 3.05) is 5.73 Å². The summed E-state index contributed by atoms with van der Waals surface area (Å²) in [5.74, 6) is -0.151. The van der Waals surface area contributed by atoms with Gasteiger partial charge in [0, 0.05) is 12.4 Å². The number of halogens is 2. The van der Waals surface area contributed by atoms with Crippen LogP contribution in [0.4, 0.5) is 10.2 Å². The number of nitrogens with zero attached hydrogens (tertiary/aromatic N) is 2. The summed E-state index contributed by atoms with van der Waals surface area (Å²) in [6.07, 6.45) is 3.27. The van der Waals surface area contributed by atoms with E-state index in [1.165, 1.54) is 6.07 Å². The molecule has 0 unspecified atom stereocenters. The molecule has 0 spiro atoms. The maximum atomic E-state index is 14.1. The van der Waals surface area contributed by atoms with Gasteiger partial charge in [0.05, 0.1) is 21.8 Å². The van der Waals surface area contributed by atoms with Gasteiger partial charge in [0.25, 0.3) is 0 Å². The Bertz CT molecular complexity index is 735. The highest BCUT2D eigenvalue weighted by Gasteiger charge is 2.19. The zero-order chi connectivity index (χ0) is 14.1. The fourth-order valence-electron chi connectivity index (χ4n) is 2.08. The highest BCUT2D eigenvalue weighted by Crippen LogP contribution is 2.38. The van der Waals surface area contributed by atoms with E-state index in [0.29, 0.717) is 16.3 Å². The minimum absolute atomic E-state index is 0.255. The monoisotopic (exact) mass is 288 g/mol. The van der Waals surface area contributed by atoms with Crippen molar-refractivity contribution < 1.29 is 4.39 Å². The van der Waals surface area contributed by atoms with Crippen LogP contribution in [0.25, 0.3) is 22.4 Å². The molecule has 2 aromatic heterocycles. The van der Waals surface area contributed by atoms with E-state index in [-0.39, 0.29) is 11.4 Å². The smallest absolute Gasteiger partial charge is 0.153 e. The maximum absolute atomic E-state index is 14.1. The summed E-state index contributed by atoms with van der Waals surface area (Å²) in [6, 6.07) is 8.06. The normalized spacial score (nSPS) is 10.7. The molecular weight excluding hydrogens is 279 g/mol. The molecule has 1 aromatic carbocycles. The van der Waals surface area contributed by atoms with Gasteiger partial charge in [0.15, 0.2) is 5.82 Å². The van der Waals surface area contributed by atoms with Crippen molar-refractivity contribution in [1.29, 1.82) is 0 Å². The molecule has 6 heteroatoms. The van der Waals surface area contributed by atoms with Gasteiger partial charge in [-0.2, -0.15) is 5.10 Å². The molecule has 100 valence electrons. The lowest BCUT2D eigenvalue weighted by Crippen LogP contribution is -1.91. The van der Waals surface area contributed by atoms with Crippen LogP contribution in [0.3, 0.4) is 0 Å². The first-order valence-electron chi connectivity index (χ1n) is 5.87. The Hall–Kier alpha value is -2.40. The minimum atomic E-state index is -0.434. The molecule has 0 atom stereocenters. The van der Waals surface area contributed by atoms with Crippen molar-refractivity contribution >= 4 is 17.4 Å². The average Bonchev–Trinajstić information content (AvgIpc) is 2.81. The third-order valence-electron chi connectivity index (χ3n) is 2.98. The predicted molar refractivity (Wildman–Crippen MR) is 76.6 cm³/mol. The number of hydrogen-bond donors (Lipinski definition) is 2. The molecular formula is C14H10ClFN4. The summed E-state index contributed by atoms with van der Waals surface area (Å²) in [5, 5.41) is 7.00. The van der Waals surface area contributed by atoms with Crippen LogP contribution in [-0.4, -0.2) is 15.2 Å². The van der Waals surface area contributed by atoms with Crippen molar-refractivity contribution in [3.63, 3.8) is 0 Å². The van der Waals surface area contributed by atoms with Gasteiger partial charge in [-0.3, -0.25) is 10.1 Å². The molecule has 0 saturated heterocycles. The van der Waals surface area contributed by atoms with Crippen LogP contribution in [-0.2, 0) is 0 Å². The fourth-order valence-corrected chi connectivity index (χ4v) is 2.34. The summed E-state index contributed by atoms with van der Waals surface area (Å²) in [4.78, 5) is 3.95. The molecule has 0 amide bonds. The molecule has 0 fully saturated rings. The third-order valence-corrected chi connectivity index (χ3v) is 3.29. The lowest BCUT2D eigenvalue weighted by molar-refractivity contribution is 0.631. The SMILES string of the molecule is Nc1n[nH]c(-c2c(F)cccc2Cl)c1-c1ccncc1. The summed E-state index contributed by atoms with van der Waals surface area (Å²) in [5.41, 5.74) is 8.00. The topological polar surface area (TPSA) is 67.6 Å². The number of benzene rings is 1. The summed E-state index contributed by atoms with van der Waals surface area (Å²) < 4.78 is 14.1. The van der Waals surface area contributed by atoms with E-state index in [2.05, 4.69) is 15.2 Å². The quantitative estimate of drug-likeness (QED) is 0.758. The number of aromatic nitrogens is 3. The number of hydrogen-bond acceptors (Lipinski definition) is 3. The largest absolute Gasteiger partial charge is 0.382 e. The second-order valence-corrected chi connectivity index (χ2v) is 4.60. The number of aromatic amines is 1.